The normalized spacial score (nSPS) is 20.1. The number of rotatable bonds is 2. The van der Waals surface area contributed by atoms with Gasteiger partial charge in [0.2, 0.25) is 0 Å². The van der Waals surface area contributed by atoms with Crippen molar-refractivity contribution in [2.75, 3.05) is 33.2 Å². The molecule has 0 amide bonds. The quantitative estimate of drug-likeness (QED) is 0.768. The molecule has 0 unspecified atom stereocenters. The van der Waals surface area contributed by atoms with Crippen LogP contribution in [0.1, 0.15) is 5.56 Å². The molecule has 2 heterocycles. The molecule has 0 radical (unpaired) electrons. The van der Waals surface area contributed by atoms with Gasteiger partial charge < -0.3 is 4.90 Å². The van der Waals surface area contributed by atoms with E-state index >= 15 is 0 Å². The van der Waals surface area contributed by atoms with Crippen molar-refractivity contribution in [2.45, 2.75) is 6.54 Å². The van der Waals surface area contributed by atoms with Crippen LogP contribution in [-0.4, -0.2) is 43.0 Å². The standard InChI is InChI=1S/C10H15ClN2S/c1-12-2-4-13(5-3-12)7-9-6-10(11)14-8-9/h6,8H,2-5,7H2,1H3. The first-order chi connectivity index (χ1) is 6.74. The van der Waals surface area contributed by atoms with E-state index in [4.69, 9.17) is 11.6 Å². The van der Waals surface area contributed by atoms with E-state index in [2.05, 4.69) is 28.3 Å². The lowest BCUT2D eigenvalue weighted by Crippen LogP contribution is -2.43. The molecule has 14 heavy (non-hydrogen) atoms. The van der Waals surface area contributed by atoms with E-state index in [1.807, 2.05) is 0 Å². The number of halogens is 1. The lowest BCUT2D eigenvalue weighted by Gasteiger charge is -2.32. The zero-order valence-corrected chi connectivity index (χ0v) is 9.94. The van der Waals surface area contributed by atoms with Crippen LogP contribution < -0.4 is 0 Å². The lowest BCUT2D eigenvalue weighted by atomic mass is 10.2. The Hall–Kier alpha value is -0.0900. The average molecular weight is 231 g/mol. The summed E-state index contributed by atoms with van der Waals surface area (Å²) in [5, 5.41) is 2.15. The first-order valence-electron chi connectivity index (χ1n) is 4.88. The molecule has 0 aromatic carbocycles. The molecule has 2 rings (SSSR count). The van der Waals surface area contributed by atoms with Gasteiger partial charge >= 0.3 is 0 Å². The molecule has 4 heteroatoms. The fourth-order valence-electron chi connectivity index (χ4n) is 1.69. The van der Waals surface area contributed by atoms with Gasteiger partial charge in [-0.15, -0.1) is 11.3 Å². The van der Waals surface area contributed by atoms with Crippen LogP contribution in [0.25, 0.3) is 0 Å². The van der Waals surface area contributed by atoms with Crippen LogP contribution in [0, 0.1) is 0 Å². The summed E-state index contributed by atoms with van der Waals surface area (Å²) in [6.07, 6.45) is 0. The third-order valence-corrected chi connectivity index (χ3v) is 3.76. The molecule has 0 atom stereocenters. The van der Waals surface area contributed by atoms with Gasteiger partial charge in [-0.25, -0.2) is 0 Å². The molecule has 1 aromatic rings. The Morgan fingerprint density at radius 2 is 2.07 bits per heavy atom. The van der Waals surface area contributed by atoms with E-state index in [0.29, 0.717) is 0 Å². The molecule has 1 aliphatic rings. The van der Waals surface area contributed by atoms with Gasteiger partial charge in [-0.3, -0.25) is 4.90 Å². The molecular formula is C10H15ClN2S. The van der Waals surface area contributed by atoms with E-state index in [1.54, 1.807) is 11.3 Å². The minimum absolute atomic E-state index is 0.897. The average Bonchev–Trinajstić information content (AvgIpc) is 2.56. The molecule has 78 valence electrons. The van der Waals surface area contributed by atoms with E-state index in [-0.39, 0.29) is 0 Å². The van der Waals surface area contributed by atoms with Gasteiger partial charge in [0.15, 0.2) is 0 Å². The van der Waals surface area contributed by atoms with Crippen LogP contribution in [0.15, 0.2) is 11.4 Å². The molecule has 0 N–H and O–H groups in total. The maximum Gasteiger partial charge on any atom is 0.0931 e. The summed E-state index contributed by atoms with van der Waals surface area (Å²) in [7, 11) is 2.18. The zero-order valence-electron chi connectivity index (χ0n) is 8.37. The Kier molecular flexibility index (Phi) is 3.44. The Bertz CT molecular complexity index is 292. The van der Waals surface area contributed by atoms with Gasteiger partial charge in [0, 0.05) is 32.7 Å². The Balaban J connectivity index is 1.86. The van der Waals surface area contributed by atoms with Crippen molar-refractivity contribution in [3.63, 3.8) is 0 Å². The van der Waals surface area contributed by atoms with Crippen molar-refractivity contribution < 1.29 is 0 Å². The number of hydrogen-bond donors (Lipinski definition) is 0. The summed E-state index contributed by atoms with van der Waals surface area (Å²) >= 11 is 7.51. The zero-order chi connectivity index (χ0) is 9.97. The van der Waals surface area contributed by atoms with Gasteiger partial charge in [0.1, 0.15) is 0 Å². The van der Waals surface area contributed by atoms with Gasteiger partial charge in [-0.2, -0.15) is 0 Å². The van der Waals surface area contributed by atoms with Gasteiger partial charge in [-0.1, -0.05) is 11.6 Å². The van der Waals surface area contributed by atoms with Crippen LogP contribution in [0.5, 0.6) is 0 Å². The van der Waals surface area contributed by atoms with Crippen molar-refractivity contribution >= 4 is 22.9 Å². The van der Waals surface area contributed by atoms with E-state index in [1.165, 1.54) is 31.7 Å². The summed E-state index contributed by atoms with van der Waals surface area (Å²) in [6.45, 7) is 5.75. The third-order valence-electron chi connectivity index (χ3n) is 2.62. The first kappa shape index (κ1) is 10.4. The maximum atomic E-state index is 5.89. The monoisotopic (exact) mass is 230 g/mol. The Morgan fingerprint density at radius 3 is 2.64 bits per heavy atom. The molecule has 0 spiro atoms. The fourth-order valence-corrected chi connectivity index (χ4v) is 2.59. The molecule has 1 aliphatic heterocycles. The lowest BCUT2D eigenvalue weighted by molar-refractivity contribution is 0.148. The van der Waals surface area contributed by atoms with Crippen LogP contribution in [0.3, 0.4) is 0 Å². The second-order valence-corrected chi connectivity index (χ2v) is 5.38. The molecular weight excluding hydrogens is 216 g/mol. The van der Waals surface area contributed by atoms with Crippen LogP contribution in [0.2, 0.25) is 4.34 Å². The molecule has 1 aromatic heterocycles. The number of piperazine rings is 1. The minimum Gasteiger partial charge on any atom is -0.304 e. The number of nitrogens with zero attached hydrogens (tertiary/aromatic N) is 2. The predicted molar refractivity (Wildman–Crippen MR) is 62.1 cm³/mol. The summed E-state index contributed by atoms with van der Waals surface area (Å²) in [4.78, 5) is 4.86. The fraction of sp³-hybridized carbons (Fsp3) is 0.600. The number of likely N-dealkylation sites (N-methyl/N-ethyl adjacent to an activating group) is 1. The van der Waals surface area contributed by atoms with E-state index in [0.717, 1.165) is 10.9 Å². The second kappa shape index (κ2) is 4.62. The van der Waals surface area contributed by atoms with Crippen LogP contribution in [-0.2, 0) is 6.54 Å². The molecule has 1 fully saturated rings. The smallest absolute Gasteiger partial charge is 0.0931 e. The molecule has 0 bridgehead atoms. The van der Waals surface area contributed by atoms with Crippen LogP contribution in [0.4, 0.5) is 0 Å². The van der Waals surface area contributed by atoms with Gasteiger partial charge in [0.25, 0.3) is 0 Å². The van der Waals surface area contributed by atoms with E-state index < -0.39 is 0 Å². The predicted octanol–water partition coefficient (Wildman–Crippen LogP) is 2.15. The van der Waals surface area contributed by atoms with E-state index in [9.17, 15) is 0 Å². The molecule has 1 saturated heterocycles. The number of thiophene rings is 1. The van der Waals surface area contributed by atoms with Crippen molar-refractivity contribution in [2.24, 2.45) is 0 Å². The second-order valence-electron chi connectivity index (χ2n) is 3.84. The summed E-state index contributed by atoms with van der Waals surface area (Å²) in [6, 6.07) is 2.07. The summed E-state index contributed by atoms with van der Waals surface area (Å²) in [5.41, 5.74) is 1.35. The van der Waals surface area contributed by atoms with Crippen molar-refractivity contribution in [3.8, 4) is 0 Å². The highest BCUT2D eigenvalue weighted by molar-refractivity contribution is 7.14. The highest BCUT2D eigenvalue weighted by atomic mass is 35.5. The van der Waals surface area contributed by atoms with Crippen molar-refractivity contribution in [3.05, 3.63) is 21.3 Å². The summed E-state index contributed by atoms with van der Waals surface area (Å²) < 4.78 is 0.897. The Morgan fingerprint density at radius 1 is 1.36 bits per heavy atom. The third kappa shape index (κ3) is 2.70. The molecule has 2 nitrogen and oxygen atoms in total. The van der Waals surface area contributed by atoms with Gasteiger partial charge in [0.05, 0.1) is 4.34 Å². The Labute approximate surface area is 94.1 Å². The first-order valence-corrected chi connectivity index (χ1v) is 6.13. The maximum absolute atomic E-state index is 5.89. The van der Waals surface area contributed by atoms with Crippen molar-refractivity contribution in [1.29, 1.82) is 0 Å². The number of hydrogen-bond acceptors (Lipinski definition) is 3. The highest BCUT2D eigenvalue weighted by Crippen LogP contribution is 2.21. The topological polar surface area (TPSA) is 6.48 Å². The summed E-state index contributed by atoms with van der Waals surface area (Å²) in [5.74, 6) is 0. The van der Waals surface area contributed by atoms with Crippen molar-refractivity contribution in [1.82, 2.24) is 9.80 Å². The van der Waals surface area contributed by atoms with Gasteiger partial charge in [-0.05, 0) is 24.1 Å². The van der Waals surface area contributed by atoms with Crippen LogP contribution >= 0.6 is 22.9 Å². The SMILES string of the molecule is CN1CCN(Cc2csc(Cl)c2)CC1. The highest BCUT2D eigenvalue weighted by Gasteiger charge is 2.13. The molecule has 0 aliphatic carbocycles. The largest absolute Gasteiger partial charge is 0.304 e. The molecule has 0 saturated carbocycles. The minimum atomic E-state index is 0.897.